The summed E-state index contributed by atoms with van der Waals surface area (Å²) in [6.45, 7) is 9.88. The molecule has 38 heavy (non-hydrogen) atoms. The third-order valence-electron chi connectivity index (χ3n) is 7.49. The summed E-state index contributed by atoms with van der Waals surface area (Å²) in [4.78, 5) is 69.7. The van der Waals surface area contributed by atoms with E-state index >= 15 is 0 Å². The quantitative estimate of drug-likeness (QED) is 0.487. The number of nitrogens with one attached hydrogen (secondary N) is 1. The van der Waals surface area contributed by atoms with Crippen molar-refractivity contribution in [2.24, 2.45) is 5.92 Å². The highest BCUT2D eigenvalue weighted by Gasteiger charge is 2.54. The van der Waals surface area contributed by atoms with E-state index in [-0.39, 0.29) is 36.6 Å². The molecule has 3 aliphatic rings. The number of likely N-dealkylation sites (tertiary alicyclic amines) is 2. The van der Waals surface area contributed by atoms with Crippen LogP contribution in [0.4, 0.5) is 5.69 Å². The zero-order valence-corrected chi connectivity index (χ0v) is 22.4. The van der Waals surface area contributed by atoms with E-state index in [1.807, 2.05) is 26.0 Å². The van der Waals surface area contributed by atoms with Gasteiger partial charge < -0.3 is 24.8 Å². The predicted octanol–water partition coefficient (Wildman–Crippen LogP) is 1.54. The molecule has 3 amide bonds. The molecule has 2 fully saturated rings. The highest BCUT2D eigenvalue weighted by Crippen LogP contribution is 2.32. The molecule has 4 atom stereocenters. The maximum Gasteiger partial charge on any atom is 0.272 e. The summed E-state index contributed by atoms with van der Waals surface area (Å²) < 4.78 is 5.13. The number of rotatable bonds is 9. The number of carbonyl (C=O) groups excluding carboxylic acids is 5. The number of anilines is 1. The summed E-state index contributed by atoms with van der Waals surface area (Å²) in [7, 11) is 0. The zero-order valence-electron chi connectivity index (χ0n) is 22.4. The van der Waals surface area contributed by atoms with Crippen LogP contribution in [0.5, 0.6) is 0 Å². The van der Waals surface area contributed by atoms with Crippen molar-refractivity contribution in [3.05, 3.63) is 42.2 Å². The Bertz CT molecular complexity index is 1130. The van der Waals surface area contributed by atoms with E-state index < -0.39 is 35.9 Å². The van der Waals surface area contributed by atoms with Crippen LogP contribution in [0, 0.1) is 5.92 Å². The van der Waals surface area contributed by atoms with Crippen molar-refractivity contribution in [1.82, 2.24) is 15.1 Å². The number of Topliss-reactive ketones (excluding diaryl/α,β-unsaturated/α-hetero) is 1. The van der Waals surface area contributed by atoms with Crippen molar-refractivity contribution >= 4 is 35.0 Å². The Morgan fingerprint density at radius 3 is 2.34 bits per heavy atom. The molecule has 4 rings (SSSR count). The van der Waals surface area contributed by atoms with Gasteiger partial charge in [-0.2, -0.15) is 0 Å². The van der Waals surface area contributed by atoms with Crippen molar-refractivity contribution < 1.29 is 28.7 Å². The van der Waals surface area contributed by atoms with E-state index in [9.17, 15) is 24.0 Å². The van der Waals surface area contributed by atoms with E-state index in [1.165, 1.54) is 22.1 Å². The first-order valence-electron chi connectivity index (χ1n) is 13.3. The van der Waals surface area contributed by atoms with Gasteiger partial charge in [0.2, 0.25) is 17.8 Å². The Balaban J connectivity index is 1.47. The number of benzene rings is 1. The summed E-state index contributed by atoms with van der Waals surface area (Å²) in [5.41, 5.74) is 1.47. The van der Waals surface area contributed by atoms with Crippen LogP contribution >= 0.6 is 0 Å². The second-order valence-electron chi connectivity index (χ2n) is 10.4. The fourth-order valence-electron chi connectivity index (χ4n) is 5.57. The smallest absolute Gasteiger partial charge is 0.272 e. The van der Waals surface area contributed by atoms with E-state index in [0.29, 0.717) is 18.4 Å². The first-order chi connectivity index (χ1) is 18.2. The Morgan fingerprint density at radius 1 is 1.08 bits per heavy atom. The fourth-order valence-corrected chi connectivity index (χ4v) is 5.57. The van der Waals surface area contributed by atoms with Crippen LogP contribution in [-0.4, -0.2) is 89.5 Å². The van der Waals surface area contributed by atoms with E-state index in [0.717, 1.165) is 18.8 Å². The summed E-state index contributed by atoms with van der Waals surface area (Å²) in [5, 5.41) is 2.89. The second kappa shape index (κ2) is 11.4. The Morgan fingerprint density at radius 2 is 1.76 bits per heavy atom. The third-order valence-corrected chi connectivity index (χ3v) is 7.49. The van der Waals surface area contributed by atoms with E-state index in [2.05, 4.69) is 24.1 Å². The van der Waals surface area contributed by atoms with Crippen molar-refractivity contribution in [3.8, 4) is 0 Å². The van der Waals surface area contributed by atoms with Crippen LogP contribution in [0.1, 0.15) is 50.9 Å². The molecule has 204 valence electrons. The lowest BCUT2D eigenvalue weighted by atomic mass is 10.0. The first kappa shape index (κ1) is 27.3. The number of ether oxygens (including phenoxy) is 1. The van der Waals surface area contributed by atoms with Gasteiger partial charge in [-0.1, -0.05) is 13.8 Å². The van der Waals surface area contributed by atoms with Gasteiger partial charge in [-0.25, -0.2) is 0 Å². The van der Waals surface area contributed by atoms with Gasteiger partial charge in [-0.05, 0) is 56.9 Å². The van der Waals surface area contributed by atoms with Crippen molar-refractivity contribution in [3.63, 3.8) is 0 Å². The molecule has 4 unspecified atom stereocenters. The summed E-state index contributed by atoms with van der Waals surface area (Å²) in [5.74, 6) is -1.85. The number of ketones is 2. The summed E-state index contributed by atoms with van der Waals surface area (Å²) in [6, 6.07) is 5.15. The largest absolute Gasteiger partial charge is 0.480 e. The predicted molar refractivity (Wildman–Crippen MR) is 140 cm³/mol. The number of hydrogen-bond donors (Lipinski definition) is 1. The zero-order chi connectivity index (χ0) is 27.6. The SMILES string of the molecule is CCN(CC)c1ccc(C(=O)NC(CC(C)C)C(=O)N2CCC3C2C(=O)CN3C(=O)C2OC=CC2=O)cc1. The number of hydrogen-bond acceptors (Lipinski definition) is 7. The number of nitrogens with zero attached hydrogens (tertiary/aromatic N) is 3. The molecule has 10 nitrogen and oxygen atoms in total. The molecule has 3 heterocycles. The van der Waals surface area contributed by atoms with Gasteiger partial charge in [0, 0.05) is 37.0 Å². The van der Waals surface area contributed by atoms with Crippen LogP contribution in [-0.2, 0) is 23.9 Å². The molecule has 1 N–H and O–H groups in total. The van der Waals surface area contributed by atoms with Crippen molar-refractivity contribution in [2.75, 3.05) is 31.1 Å². The van der Waals surface area contributed by atoms with Gasteiger partial charge in [-0.15, -0.1) is 0 Å². The van der Waals surface area contributed by atoms with Gasteiger partial charge in [0.25, 0.3) is 11.8 Å². The molecule has 0 bridgehead atoms. The molecule has 3 aliphatic heterocycles. The second-order valence-corrected chi connectivity index (χ2v) is 10.4. The average Bonchev–Trinajstić information content (AvgIpc) is 3.60. The Labute approximate surface area is 223 Å². The summed E-state index contributed by atoms with van der Waals surface area (Å²) >= 11 is 0. The minimum absolute atomic E-state index is 0.114. The van der Waals surface area contributed by atoms with Crippen molar-refractivity contribution in [2.45, 2.75) is 64.8 Å². The van der Waals surface area contributed by atoms with Gasteiger partial charge in [0.15, 0.2) is 5.78 Å². The maximum absolute atomic E-state index is 13.7. The molecule has 0 aliphatic carbocycles. The van der Waals surface area contributed by atoms with Gasteiger partial charge in [0.1, 0.15) is 12.1 Å². The maximum atomic E-state index is 13.7. The molecular formula is C28H36N4O6. The molecule has 2 saturated heterocycles. The van der Waals surface area contributed by atoms with Crippen LogP contribution in [0.15, 0.2) is 36.6 Å². The minimum Gasteiger partial charge on any atom is -0.480 e. The summed E-state index contributed by atoms with van der Waals surface area (Å²) in [6.07, 6.45) is 1.92. The van der Waals surface area contributed by atoms with E-state index in [4.69, 9.17) is 4.74 Å². The number of carbonyl (C=O) groups is 5. The number of fused-ring (bicyclic) bond motifs is 1. The van der Waals surface area contributed by atoms with Crippen LogP contribution in [0.3, 0.4) is 0 Å². The third kappa shape index (κ3) is 5.30. The highest BCUT2D eigenvalue weighted by atomic mass is 16.5. The lowest BCUT2D eigenvalue weighted by molar-refractivity contribution is -0.145. The number of amides is 3. The molecule has 0 aromatic heterocycles. The standard InChI is InChI=1S/C28H36N4O6/c1-5-30(6-2)19-9-7-18(8-10-19)26(35)29-20(15-17(3)4)27(36)31-13-11-21-24(31)23(34)16-32(21)28(37)25-22(33)12-14-38-25/h7-10,12,14,17,20-21,24-25H,5-6,11,13,15-16H2,1-4H3,(H,29,35). The lowest BCUT2D eigenvalue weighted by Gasteiger charge is -2.29. The normalized spacial score (nSPS) is 23.0. The first-order valence-corrected chi connectivity index (χ1v) is 13.3. The fraction of sp³-hybridized carbons (Fsp3) is 0.536. The van der Waals surface area contributed by atoms with Crippen molar-refractivity contribution in [1.29, 1.82) is 0 Å². The Hall–Kier alpha value is -3.69. The molecule has 0 radical (unpaired) electrons. The topological polar surface area (TPSA) is 116 Å². The molecule has 1 aromatic rings. The van der Waals surface area contributed by atoms with Crippen LogP contribution < -0.4 is 10.2 Å². The van der Waals surface area contributed by atoms with Crippen LogP contribution in [0.25, 0.3) is 0 Å². The molecule has 10 heteroatoms. The average molecular weight is 525 g/mol. The van der Waals surface area contributed by atoms with E-state index in [1.54, 1.807) is 12.1 Å². The highest BCUT2D eigenvalue weighted by molar-refractivity contribution is 6.12. The van der Waals surface area contributed by atoms with Gasteiger partial charge in [-0.3, -0.25) is 24.0 Å². The lowest BCUT2D eigenvalue weighted by Crippen LogP contribution is -2.53. The minimum atomic E-state index is -1.27. The monoisotopic (exact) mass is 524 g/mol. The Kier molecular flexibility index (Phi) is 8.18. The molecule has 1 aromatic carbocycles. The van der Waals surface area contributed by atoms with Crippen LogP contribution in [0.2, 0.25) is 0 Å². The van der Waals surface area contributed by atoms with Gasteiger partial charge in [0.05, 0.1) is 18.8 Å². The molecule has 0 saturated carbocycles. The van der Waals surface area contributed by atoms with Gasteiger partial charge >= 0.3 is 0 Å². The molecular weight excluding hydrogens is 488 g/mol. The molecule has 0 spiro atoms.